The van der Waals surface area contributed by atoms with Gasteiger partial charge in [-0.3, -0.25) is 4.79 Å². The lowest BCUT2D eigenvalue weighted by atomic mass is 10.0. The Balaban J connectivity index is 1.39. The Morgan fingerprint density at radius 1 is 0.875 bits per heavy atom. The predicted molar refractivity (Wildman–Crippen MR) is 121 cm³/mol. The van der Waals surface area contributed by atoms with Crippen LogP contribution in [0.3, 0.4) is 0 Å². The number of carboxylic acids is 1. The maximum absolute atomic E-state index is 13.2. The third-order valence-corrected chi connectivity index (χ3v) is 5.00. The van der Waals surface area contributed by atoms with Crippen LogP contribution >= 0.6 is 0 Å². The van der Waals surface area contributed by atoms with E-state index < -0.39 is 5.97 Å². The molecule has 2 N–H and O–H groups in total. The van der Waals surface area contributed by atoms with E-state index in [1.54, 1.807) is 18.2 Å². The maximum Gasteiger partial charge on any atom is 0.341 e. The van der Waals surface area contributed by atoms with Crippen LogP contribution in [0.4, 0.5) is 4.39 Å². The van der Waals surface area contributed by atoms with Gasteiger partial charge in [0.25, 0.3) is 0 Å². The molecule has 32 heavy (non-hydrogen) atoms. The molecule has 0 heterocycles. The van der Waals surface area contributed by atoms with E-state index in [1.165, 1.54) is 12.1 Å². The van der Waals surface area contributed by atoms with Gasteiger partial charge in [0, 0.05) is 13.0 Å². The summed E-state index contributed by atoms with van der Waals surface area (Å²) in [5.74, 6) is -0.731. The van der Waals surface area contributed by atoms with E-state index in [9.17, 15) is 14.0 Å². The van der Waals surface area contributed by atoms with E-state index in [1.807, 2.05) is 42.5 Å². The number of halogens is 1. The van der Waals surface area contributed by atoms with Crippen molar-refractivity contribution in [1.82, 2.24) is 5.32 Å². The second-order valence-corrected chi connectivity index (χ2v) is 7.52. The summed E-state index contributed by atoms with van der Waals surface area (Å²) in [6, 6.07) is 21.7. The Morgan fingerprint density at radius 3 is 2.22 bits per heavy atom. The first-order valence-corrected chi connectivity index (χ1v) is 10.5. The highest BCUT2D eigenvalue weighted by Gasteiger charge is 2.04. The van der Waals surface area contributed by atoms with Crippen LogP contribution in [0, 0.1) is 5.82 Å². The SMILES string of the molecule is O=C(O)COc1ccc(-c2ccc(CNC(=O)CCCCc3cccc(F)c3)cc2)cc1. The molecule has 0 fully saturated rings. The van der Waals surface area contributed by atoms with Crippen molar-refractivity contribution in [2.45, 2.75) is 32.2 Å². The van der Waals surface area contributed by atoms with Gasteiger partial charge in [-0.05, 0) is 65.8 Å². The molecule has 0 aliphatic rings. The minimum absolute atomic E-state index is 0.00488. The quantitative estimate of drug-likeness (QED) is 0.416. The molecule has 0 saturated carbocycles. The van der Waals surface area contributed by atoms with Gasteiger partial charge in [-0.25, -0.2) is 9.18 Å². The molecule has 0 spiro atoms. The average molecular weight is 435 g/mol. The van der Waals surface area contributed by atoms with Crippen molar-refractivity contribution in [2.24, 2.45) is 0 Å². The van der Waals surface area contributed by atoms with Gasteiger partial charge in [0.05, 0.1) is 0 Å². The van der Waals surface area contributed by atoms with Crippen LogP contribution in [-0.4, -0.2) is 23.6 Å². The molecule has 1 amide bonds. The number of nitrogens with one attached hydrogen (secondary N) is 1. The molecule has 6 heteroatoms. The van der Waals surface area contributed by atoms with Gasteiger partial charge in [-0.15, -0.1) is 0 Å². The van der Waals surface area contributed by atoms with E-state index in [-0.39, 0.29) is 18.3 Å². The Bertz CT molecular complexity index is 1030. The summed E-state index contributed by atoms with van der Waals surface area (Å²) in [7, 11) is 0. The number of aryl methyl sites for hydroxylation is 1. The summed E-state index contributed by atoms with van der Waals surface area (Å²) in [6.45, 7) is 0.0950. The number of aliphatic carboxylic acids is 1. The Hall–Kier alpha value is -3.67. The molecule has 3 rings (SSSR count). The molecule has 0 unspecified atom stereocenters. The Morgan fingerprint density at radius 2 is 1.56 bits per heavy atom. The van der Waals surface area contributed by atoms with Crippen LogP contribution in [0.2, 0.25) is 0 Å². The number of rotatable bonds is 11. The zero-order valence-electron chi connectivity index (χ0n) is 17.7. The first-order valence-electron chi connectivity index (χ1n) is 10.5. The topological polar surface area (TPSA) is 75.6 Å². The summed E-state index contributed by atoms with van der Waals surface area (Å²) in [6.07, 6.45) is 2.81. The van der Waals surface area contributed by atoms with Gasteiger partial charge in [0.1, 0.15) is 11.6 Å². The number of hydrogen-bond donors (Lipinski definition) is 2. The van der Waals surface area contributed by atoms with Crippen molar-refractivity contribution < 1.29 is 23.8 Å². The number of amides is 1. The minimum Gasteiger partial charge on any atom is -0.482 e. The second-order valence-electron chi connectivity index (χ2n) is 7.52. The largest absolute Gasteiger partial charge is 0.482 e. The van der Waals surface area contributed by atoms with Crippen LogP contribution in [-0.2, 0) is 22.6 Å². The number of hydrogen-bond acceptors (Lipinski definition) is 3. The smallest absolute Gasteiger partial charge is 0.341 e. The molecule has 0 bridgehead atoms. The van der Waals surface area contributed by atoms with E-state index in [2.05, 4.69) is 5.32 Å². The summed E-state index contributed by atoms with van der Waals surface area (Å²) < 4.78 is 18.3. The Labute approximate surface area is 186 Å². The molecule has 166 valence electrons. The number of carbonyl (C=O) groups excluding carboxylic acids is 1. The molecule has 3 aromatic rings. The third kappa shape index (κ3) is 7.54. The molecule has 0 radical (unpaired) electrons. The summed E-state index contributed by atoms with van der Waals surface area (Å²) in [5, 5.41) is 11.6. The number of benzene rings is 3. The van der Waals surface area contributed by atoms with Crippen molar-refractivity contribution in [3.8, 4) is 16.9 Å². The fourth-order valence-electron chi connectivity index (χ4n) is 3.30. The first kappa shape index (κ1) is 23.0. The zero-order chi connectivity index (χ0) is 22.8. The van der Waals surface area contributed by atoms with Gasteiger partial charge < -0.3 is 15.2 Å². The lowest BCUT2D eigenvalue weighted by Crippen LogP contribution is -2.22. The maximum atomic E-state index is 13.2. The van der Waals surface area contributed by atoms with Gasteiger partial charge in [-0.1, -0.05) is 48.5 Å². The number of carbonyl (C=O) groups is 2. The predicted octanol–water partition coefficient (Wildman–Crippen LogP) is 4.99. The van der Waals surface area contributed by atoms with E-state index >= 15 is 0 Å². The van der Waals surface area contributed by atoms with Gasteiger partial charge in [0.15, 0.2) is 6.61 Å². The van der Waals surface area contributed by atoms with E-state index in [4.69, 9.17) is 9.84 Å². The van der Waals surface area contributed by atoms with E-state index in [0.717, 1.165) is 41.5 Å². The molecular formula is C26H26FNO4. The normalized spacial score (nSPS) is 10.5. The number of carboxylic acid groups (broad SMARTS) is 1. The van der Waals surface area contributed by atoms with Crippen molar-refractivity contribution in [2.75, 3.05) is 6.61 Å². The standard InChI is InChI=1S/C26H26FNO4/c27-23-6-3-5-19(16-23)4-1-2-7-25(29)28-17-20-8-10-21(11-9-20)22-12-14-24(15-13-22)32-18-26(30)31/h3,5-6,8-16H,1-2,4,7,17-18H2,(H,28,29)(H,30,31). The fraction of sp³-hybridized carbons (Fsp3) is 0.231. The molecular weight excluding hydrogens is 409 g/mol. The molecule has 0 atom stereocenters. The molecule has 0 aliphatic carbocycles. The third-order valence-electron chi connectivity index (χ3n) is 5.00. The van der Waals surface area contributed by atoms with Crippen LogP contribution in [0.15, 0.2) is 72.8 Å². The lowest BCUT2D eigenvalue weighted by Gasteiger charge is -2.08. The van der Waals surface area contributed by atoms with Crippen molar-refractivity contribution in [1.29, 1.82) is 0 Å². The summed E-state index contributed by atoms with van der Waals surface area (Å²) >= 11 is 0. The van der Waals surface area contributed by atoms with Crippen molar-refractivity contribution in [3.63, 3.8) is 0 Å². The van der Waals surface area contributed by atoms with Crippen LogP contribution < -0.4 is 10.1 Å². The molecule has 3 aromatic carbocycles. The molecule has 0 saturated heterocycles. The van der Waals surface area contributed by atoms with Crippen molar-refractivity contribution in [3.05, 3.63) is 89.7 Å². The molecule has 0 aliphatic heterocycles. The average Bonchev–Trinajstić information content (AvgIpc) is 2.80. The van der Waals surface area contributed by atoms with Gasteiger partial charge in [-0.2, -0.15) is 0 Å². The van der Waals surface area contributed by atoms with Crippen LogP contribution in [0.25, 0.3) is 11.1 Å². The summed E-state index contributed by atoms with van der Waals surface area (Å²) in [4.78, 5) is 22.6. The lowest BCUT2D eigenvalue weighted by molar-refractivity contribution is -0.139. The van der Waals surface area contributed by atoms with E-state index in [0.29, 0.717) is 18.7 Å². The highest BCUT2D eigenvalue weighted by molar-refractivity contribution is 5.75. The second kappa shape index (κ2) is 11.6. The van der Waals surface area contributed by atoms with Crippen LogP contribution in [0.5, 0.6) is 5.75 Å². The number of ether oxygens (including phenoxy) is 1. The molecule has 5 nitrogen and oxygen atoms in total. The Kier molecular flexibility index (Phi) is 8.37. The van der Waals surface area contributed by atoms with Gasteiger partial charge in [0.2, 0.25) is 5.91 Å². The minimum atomic E-state index is -1.01. The molecule has 0 aromatic heterocycles. The van der Waals surface area contributed by atoms with Crippen LogP contribution in [0.1, 0.15) is 30.4 Å². The number of unbranched alkanes of at least 4 members (excludes halogenated alkanes) is 1. The zero-order valence-corrected chi connectivity index (χ0v) is 17.7. The van der Waals surface area contributed by atoms with Crippen molar-refractivity contribution >= 4 is 11.9 Å². The highest BCUT2D eigenvalue weighted by atomic mass is 19.1. The monoisotopic (exact) mass is 435 g/mol. The fourth-order valence-corrected chi connectivity index (χ4v) is 3.30. The highest BCUT2D eigenvalue weighted by Crippen LogP contribution is 2.23. The summed E-state index contributed by atoms with van der Waals surface area (Å²) in [5.41, 5.74) is 3.96. The van der Waals surface area contributed by atoms with Gasteiger partial charge >= 0.3 is 5.97 Å². The first-order chi connectivity index (χ1) is 15.5.